The zero-order chi connectivity index (χ0) is 14.7. The largest absolute Gasteiger partial charge is 0.466 e. The van der Waals surface area contributed by atoms with Crippen molar-refractivity contribution in [3.8, 4) is 11.3 Å². The molecular formula is C16H15BrO3. The van der Waals surface area contributed by atoms with Crippen LogP contribution >= 0.6 is 15.9 Å². The molecule has 0 amide bonds. The van der Waals surface area contributed by atoms with Gasteiger partial charge in [0, 0.05) is 16.1 Å². The minimum absolute atomic E-state index is 0.404. The van der Waals surface area contributed by atoms with E-state index in [2.05, 4.69) is 32.8 Å². The lowest BCUT2D eigenvalue weighted by atomic mass is 10.1. The highest BCUT2D eigenvalue weighted by atomic mass is 79.9. The van der Waals surface area contributed by atoms with E-state index in [0.29, 0.717) is 5.76 Å². The predicted octanol–water partition coefficient (Wildman–Crippen LogP) is 4.51. The first-order valence-corrected chi connectivity index (χ1v) is 6.93. The first-order chi connectivity index (χ1) is 9.51. The van der Waals surface area contributed by atoms with E-state index in [1.54, 1.807) is 6.08 Å². The third kappa shape index (κ3) is 3.20. The summed E-state index contributed by atoms with van der Waals surface area (Å²) >= 11 is 3.55. The molecule has 1 aromatic heterocycles. The van der Waals surface area contributed by atoms with Gasteiger partial charge in [-0.3, -0.25) is 0 Å². The average Bonchev–Trinajstić information content (AvgIpc) is 2.90. The lowest BCUT2D eigenvalue weighted by Crippen LogP contribution is -1.92. The van der Waals surface area contributed by atoms with Gasteiger partial charge in [0.2, 0.25) is 0 Å². The van der Waals surface area contributed by atoms with Crippen LogP contribution in [-0.4, -0.2) is 13.1 Å². The van der Waals surface area contributed by atoms with Gasteiger partial charge in [-0.25, -0.2) is 4.79 Å². The van der Waals surface area contributed by atoms with Crippen LogP contribution in [0.1, 0.15) is 16.9 Å². The van der Waals surface area contributed by atoms with Crippen LogP contribution in [0.4, 0.5) is 0 Å². The normalized spacial score (nSPS) is 11.0. The van der Waals surface area contributed by atoms with Crippen LogP contribution in [0.2, 0.25) is 0 Å². The summed E-state index contributed by atoms with van der Waals surface area (Å²) in [5.41, 5.74) is 3.33. The van der Waals surface area contributed by atoms with Crippen LogP contribution < -0.4 is 0 Å². The molecule has 1 aromatic carbocycles. The number of furan rings is 1. The fourth-order valence-electron chi connectivity index (χ4n) is 1.90. The molecule has 0 fully saturated rings. The van der Waals surface area contributed by atoms with Gasteiger partial charge in [-0.1, -0.05) is 15.9 Å². The van der Waals surface area contributed by atoms with Crippen LogP contribution in [0, 0.1) is 13.8 Å². The van der Waals surface area contributed by atoms with Gasteiger partial charge in [-0.2, -0.15) is 0 Å². The number of methoxy groups -OCH3 is 1. The summed E-state index contributed by atoms with van der Waals surface area (Å²) in [6, 6.07) is 7.83. The van der Waals surface area contributed by atoms with Crippen LogP contribution in [0.25, 0.3) is 17.4 Å². The number of carbonyl (C=O) groups is 1. The highest BCUT2D eigenvalue weighted by Gasteiger charge is 2.07. The Balaban J connectivity index is 2.29. The Morgan fingerprint density at radius 3 is 2.50 bits per heavy atom. The van der Waals surface area contributed by atoms with Crippen LogP contribution in [-0.2, 0) is 9.53 Å². The highest BCUT2D eigenvalue weighted by molar-refractivity contribution is 9.10. The van der Waals surface area contributed by atoms with Crippen molar-refractivity contribution in [3.63, 3.8) is 0 Å². The van der Waals surface area contributed by atoms with E-state index in [1.807, 2.05) is 26.0 Å². The van der Waals surface area contributed by atoms with Crippen molar-refractivity contribution in [2.24, 2.45) is 0 Å². The lowest BCUT2D eigenvalue weighted by molar-refractivity contribution is -0.134. The SMILES string of the molecule is COC(=O)/C=C/c1ccc(-c2cc(C)c(Br)c(C)c2)o1. The zero-order valence-electron chi connectivity index (χ0n) is 11.6. The quantitative estimate of drug-likeness (QED) is 0.612. The molecule has 2 rings (SSSR count). The van der Waals surface area contributed by atoms with Crippen molar-refractivity contribution in [1.82, 2.24) is 0 Å². The number of esters is 1. The zero-order valence-corrected chi connectivity index (χ0v) is 13.2. The Hall–Kier alpha value is -1.81. The second-order valence-corrected chi connectivity index (χ2v) is 5.28. The summed E-state index contributed by atoms with van der Waals surface area (Å²) in [6.45, 7) is 4.09. The monoisotopic (exact) mass is 334 g/mol. The molecule has 2 aromatic rings. The molecule has 0 N–H and O–H groups in total. The van der Waals surface area contributed by atoms with Gasteiger partial charge in [0.05, 0.1) is 7.11 Å². The molecule has 0 aliphatic heterocycles. The molecule has 0 atom stereocenters. The van der Waals surface area contributed by atoms with E-state index < -0.39 is 5.97 Å². The van der Waals surface area contributed by atoms with Gasteiger partial charge in [-0.15, -0.1) is 0 Å². The number of benzene rings is 1. The minimum Gasteiger partial charge on any atom is -0.466 e. The van der Waals surface area contributed by atoms with Gasteiger partial charge < -0.3 is 9.15 Å². The van der Waals surface area contributed by atoms with E-state index in [0.717, 1.165) is 26.9 Å². The summed E-state index contributed by atoms with van der Waals surface area (Å²) in [5.74, 6) is 0.982. The fourth-order valence-corrected chi connectivity index (χ4v) is 2.13. The number of aryl methyl sites for hydroxylation is 2. The van der Waals surface area contributed by atoms with Crippen molar-refractivity contribution < 1.29 is 13.9 Å². The molecule has 4 heteroatoms. The number of halogens is 1. The van der Waals surface area contributed by atoms with E-state index in [4.69, 9.17) is 4.42 Å². The Morgan fingerprint density at radius 2 is 1.90 bits per heavy atom. The van der Waals surface area contributed by atoms with E-state index in [9.17, 15) is 4.79 Å². The molecule has 104 valence electrons. The second kappa shape index (κ2) is 6.09. The van der Waals surface area contributed by atoms with E-state index in [-0.39, 0.29) is 0 Å². The summed E-state index contributed by atoms with van der Waals surface area (Å²) in [6.07, 6.45) is 2.93. The standard InChI is InChI=1S/C16H15BrO3/c1-10-8-12(9-11(2)16(10)17)14-6-4-13(20-14)5-7-15(18)19-3/h4-9H,1-3H3/b7-5+. The molecule has 3 nitrogen and oxygen atoms in total. The Morgan fingerprint density at radius 1 is 1.25 bits per heavy atom. The van der Waals surface area contributed by atoms with Crippen molar-refractivity contribution in [3.05, 3.63) is 51.7 Å². The van der Waals surface area contributed by atoms with Gasteiger partial charge in [-0.05, 0) is 55.3 Å². The first-order valence-electron chi connectivity index (χ1n) is 6.14. The molecule has 0 aliphatic rings. The summed E-state index contributed by atoms with van der Waals surface area (Å²) in [4.78, 5) is 11.0. The first kappa shape index (κ1) is 14.6. The second-order valence-electron chi connectivity index (χ2n) is 4.48. The van der Waals surface area contributed by atoms with Crippen molar-refractivity contribution in [2.45, 2.75) is 13.8 Å². The molecule has 0 unspecified atom stereocenters. The number of hydrogen-bond donors (Lipinski definition) is 0. The smallest absolute Gasteiger partial charge is 0.330 e. The summed E-state index contributed by atoms with van der Waals surface area (Å²) < 4.78 is 11.3. The topological polar surface area (TPSA) is 39.4 Å². The molecule has 0 saturated heterocycles. The molecule has 0 aliphatic carbocycles. The molecular weight excluding hydrogens is 320 g/mol. The maximum atomic E-state index is 11.0. The Bertz CT molecular complexity index is 645. The summed E-state index contributed by atoms with van der Waals surface area (Å²) in [7, 11) is 1.34. The lowest BCUT2D eigenvalue weighted by Gasteiger charge is -2.05. The van der Waals surface area contributed by atoms with Gasteiger partial charge >= 0.3 is 5.97 Å². The molecule has 0 radical (unpaired) electrons. The molecule has 0 spiro atoms. The molecule has 1 heterocycles. The van der Waals surface area contributed by atoms with Crippen LogP contribution in [0.5, 0.6) is 0 Å². The maximum absolute atomic E-state index is 11.0. The van der Waals surface area contributed by atoms with E-state index in [1.165, 1.54) is 13.2 Å². The maximum Gasteiger partial charge on any atom is 0.330 e. The number of ether oxygens (including phenoxy) is 1. The third-order valence-corrected chi connectivity index (χ3v) is 4.18. The Labute approximate surface area is 126 Å². The highest BCUT2D eigenvalue weighted by Crippen LogP contribution is 2.29. The third-order valence-electron chi connectivity index (χ3n) is 2.93. The summed E-state index contributed by atoms with van der Waals surface area (Å²) in [5, 5.41) is 0. The van der Waals surface area contributed by atoms with Crippen LogP contribution in [0.3, 0.4) is 0 Å². The Kier molecular flexibility index (Phi) is 4.45. The van der Waals surface area contributed by atoms with Gasteiger partial charge in [0.25, 0.3) is 0 Å². The fraction of sp³-hybridized carbons (Fsp3) is 0.188. The minimum atomic E-state index is -0.404. The molecule has 20 heavy (non-hydrogen) atoms. The van der Waals surface area contributed by atoms with Crippen LogP contribution in [0.15, 0.2) is 39.2 Å². The molecule has 0 saturated carbocycles. The van der Waals surface area contributed by atoms with Crippen molar-refractivity contribution in [1.29, 1.82) is 0 Å². The average molecular weight is 335 g/mol. The predicted molar refractivity (Wildman–Crippen MR) is 82.4 cm³/mol. The molecule has 0 bridgehead atoms. The van der Waals surface area contributed by atoms with Crippen molar-refractivity contribution in [2.75, 3.05) is 7.11 Å². The number of rotatable bonds is 3. The number of hydrogen-bond acceptors (Lipinski definition) is 3. The van der Waals surface area contributed by atoms with Gasteiger partial charge in [0.1, 0.15) is 11.5 Å². The number of carbonyl (C=O) groups excluding carboxylic acids is 1. The van der Waals surface area contributed by atoms with Crippen molar-refractivity contribution >= 4 is 28.0 Å². The van der Waals surface area contributed by atoms with E-state index >= 15 is 0 Å². The van der Waals surface area contributed by atoms with Gasteiger partial charge in [0.15, 0.2) is 0 Å².